The Morgan fingerprint density at radius 3 is 2.36 bits per heavy atom. The summed E-state index contributed by atoms with van der Waals surface area (Å²) in [5.74, 6) is -0.183. The fraction of sp³-hybridized carbons (Fsp3) is 0.429. The van der Waals surface area contributed by atoms with E-state index >= 15 is 0 Å². The van der Waals surface area contributed by atoms with Crippen LogP contribution in [0.25, 0.3) is 0 Å². The van der Waals surface area contributed by atoms with Gasteiger partial charge in [-0.05, 0) is 65.5 Å². The highest BCUT2D eigenvalue weighted by Gasteiger charge is 2.09. The number of carbonyl (C=O) groups is 1. The van der Waals surface area contributed by atoms with Crippen LogP contribution in [-0.2, 0) is 0 Å². The van der Waals surface area contributed by atoms with E-state index in [2.05, 4.69) is 50.9 Å². The molecule has 4 heteroatoms. The van der Waals surface area contributed by atoms with Crippen LogP contribution in [0.2, 0.25) is 0 Å². The third kappa shape index (κ3) is 9.30. The molecule has 0 saturated carbocycles. The van der Waals surface area contributed by atoms with Gasteiger partial charge in [-0.15, -0.1) is 11.8 Å². The first-order valence-corrected chi connectivity index (χ1v) is 9.64. The van der Waals surface area contributed by atoms with E-state index in [1.807, 2.05) is 0 Å². The van der Waals surface area contributed by atoms with Crippen LogP contribution in [0.4, 0.5) is 0 Å². The van der Waals surface area contributed by atoms with Crippen LogP contribution < -0.4 is 0 Å². The minimum Gasteiger partial charge on any atom is -0.478 e. The molecule has 0 amide bonds. The van der Waals surface area contributed by atoms with Gasteiger partial charge < -0.3 is 5.11 Å². The molecular formula is C21H29NO2S. The summed E-state index contributed by atoms with van der Waals surface area (Å²) in [6.45, 7) is 8.59. The Hall–Kier alpha value is -1.81. The molecule has 0 spiro atoms. The lowest BCUT2D eigenvalue weighted by atomic mass is 10.1. The number of aromatic carboxylic acids is 1. The summed E-state index contributed by atoms with van der Waals surface area (Å²) in [5.41, 5.74) is 4.42. The average Bonchev–Trinajstić information content (AvgIpc) is 2.54. The molecule has 0 fully saturated rings. The predicted molar refractivity (Wildman–Crippen MR) is 107 cm³/mol. The van der Waals surface area contributed by atoms with Crippen LogP contribution in [0.3, 0.4) is 0 Å². The summed E-state index contributed by atoms with van der Waals surface area (Å²) >= 11 is 1.47. The first-order chi connectivity index (χ1) is 11.9. The van der Waals surface area contributed by atoms with E-state index in [-0.39, 0.29) is 5.56 Å². The number of hydrogen-bond acceptors (Lipinski definition) is 3. The number of allylic oxidation sites excluding steroid dienone is 5. The highest BCUT2D eigenvalue weighted by atomic mass is 32.2. The van der Waals surface area contributed by atoms with Gasteiger partial charge in [-0.2, -0.15) is 0 Å². The van der Waals surface area contributed by atoms with Crippen molar-refractivity contribution in [2.24, 2.45) is 0 Å². The van der Waals surface area contributed by atoms with Crippen LogP contribution in [0, 0.1) is 0 Å². The van der Waals surface area contributed by atoms with E-state index in [0.717, 1.165) is 31.4 Å². The Balaban J connectivity index is 2.39. The molecule has 1 heterocycles. The van der Waals surface area contributed by atoms with Gasteiger partial charge in [-0.1, -0.05) is 34.9 Å². The molecule has 0 aromatic carbocycles. The number of thioether (sulfide) groups is 1. The summed E-state index contributed by atoms with van der Waals surface area (Å²) in [5, 5.41) is 9.73. The van der Waals surface area contributed by atoms with Crippen molar-refractivity contribution in [3.63, 3.8) is 0 Å². The fourth-order valence-corrected chi connectivity index (χ4v) is 3.24. The molecule has 0 aliphatic rings. The van der Waals surface area contributed by atoms with Crippen LogP contribution >= 0.6 is 11.8 Å². The lowest BCUT2D eigenvalue weighted by Gasteiger charge is -2.04. The molecule has 0 aliphatic heterocycles. The summed E-state index contributed by atoms with van der Waals surface area (Å²) in [6.07, 6.45) is 12.7. The van der Waals surface area contributed by atoms with Gasteiger partial charge in [0.2, 0.25) is 0 Å². The van der Waals surface area contributed by atoms with Crippen molar-refractivity contribution in [2.45, 2.75) is 58.4 Å². The van der Waals surface area contributed by atoms with Gasteiger partial charge in [-0.25, -0.2) is 9.78 Å². The molecule has 1 rings (SSSR count). The van der Waals surface area contributed by atoms with E-state index in [0.29, 0.717) is 5.03 Å². The number of carboxylic acid groups (broad SMARTS) is 1. The SMILES string of the molecule is CC(C)=CCCC(C)=CCCC(C)=CCSc1ncccc1C(=O)O. The Morgan fingerprint density at radius 2 is 1.72 bits per heavy atom. The second-order valence-electron chi connectivity index (χ2n) is 6.43. The van der Waals surface area contributed by atoms with Gasteiger partial charge in [0.25, 0.3) is 0 Å². The van der Waals surface area contributed by atoms with Crippen LogP contribution in [0.1, 0.15) is 63.7 Å². The van der Waals surface area contributed by atoms with Crippen LogP contribution in [0.15, 0.2) is 58.3 Å². The zero-order valence-corrected chi connectivity index (χ0v) is 16.5. The smallest absolute Gasteiger partial charge is 0.338 e. The number of nitrogens with zero attached hydrogens (tertiary/aromatic N) is 1. The minimum atomic E-state index is -0.926. The Kier molecular flexibility index (Phi) is 9.93. The third-order valence-corrected chi connectivity index (χ3v) is 4.71. The van der Waals surface area contributed by atoms with E-state index < -0.39 is 5.97 Å². The largest absolute Gasteiger partial charge is 0.478 e. The van der Waals surface area contributed by atoms with Crippen LogP contribution in [0.5, 0.6) is 0 Å². The number of carboxylic acids is 1. The van der Waals surface area contributed by atoms with Gasteiger partial charge in [0.1, 0.15) is 5.03 Å². The van der Waals surface area contributed by atoms with Crippen LogP contribution in [-0.4, -0.2) is 21.8 Å². The van der Waals surface area contributed by atoms with Crippen molar-refractivity contribution < 1.29 is 9.90 Å². The molecule has 25 heavy (non-hydrogen) atoms. The zero-order chi connectivity index (χ0) is 18.7. The molecule has 3 nitrogen and oxygen atoms in total. The molecule has 0 radical (unpaired) electrons. The zero-order valence-electron chi connectivity index (χ0n) is 15.7. The quantitative estimate of drug-likeness (QED) is 0.394. The molecule has 0 unspecified atom stereocenters. The minimum absolute atomic E-state index is 0.272. The summed E-state index contributed by atoms with van der Waals surface area (Å²) in [7, 11) is 0. The normalized spacial score (nSPS) is 12.2. The first-order valence-electron chi connectivity index (χ1n) is 8.66. The standard InChI is InChI=1S/C21H29NO2S/c1-16(2)8-5-9-17(3)10-6-11-18(4)13-15-25-20-19(21(23)24)12-7-14-22-20/h7-8,10,12-14H,5-6,9,11,15H2,1-4H3,(H,23,24). The second kappa shape index (κ2) is 11.7. The monoisotopic (exact) mass is 359 g/mol. The van der Waals surface area contributed by atoms with Gasteiger partial charge in [0.15, 0.2) is 0 Å². The maximum Gasteiger partial charge on any atom is 0.338 e. The van der Waals surface area contributed by atoms with Gasteiger partial charge >= 0.3 is 5.97 Å². The van der Waals surface area contributed by atoms with Crippen molar-refractivity contribution >= 4 is 17.7 Å². The molecule has 1 aromatic heterocycles. The van der Waals surface area contributed by atoms with Crippen molar-refractivity contribution in [1.29, 1.82) is 0 Å². The highest BCUT2D eigenvalue weighted by Crippen LogP contribution is 2.21. The van der Waals surface area contributed by atoms with E-state index in [1.54, 1.807) is 18.3 Å². The molecule has 0 atom stereocenters. The number of hydrogen-bond donors (Lipinski definition) is 1. The summed E-state index contributed by atoms with van der Waals surface area (Å²) in [4.78, 5) is 15.3. The number of pyridine rings is 1. The third-order valence-electron chi connectivity index (χ3n) is 3.78. The van der Waals surface area contributed by atoms with E-state index in [4.69, 9.17) is 5.11 Å². The molecule has 0 saturated heterocycles. The lowest BCUT2D eigenvalue weighted by Crippen LogP contribution is -2.00. The highest BCUT2D eigenvalue weighted by molar-refractivity contribution is 7.99. The van der Waals surface area contributed by atoms with Crippen molar-refractivity contribution in [1.82, 2.24) is 4.98 Å². The predicted octanol–water partition coefficient (Wildman–Crippen LogP) is 6.29. The molecule has 0 bridgehead atoms. The summed E-state index contributed by atoms with van der Waals surface area (Å²) < 4.78 is 0. The van der Waals surface area contributed by atoms with Gasteiger partial charge in [0, 0.05) is 11.9 Å². The maximum absolute atomic E-state index is 11.2. The van der Waals surface area contributed by atoms with Gasteiger partial charge in [0.05, 0.1) is 5.56 Å². The Morgan fingerprint density at radius 1 is 1.08 bits per heavy atom. The number of rotatable bonds is 10. The molecule has 1 N–H and O–H groups in total. The van der Waals surface area contributed by atoms with E-state index in [1.165, 1.54) is 28.5 Å². The topological polar surface area (TPSA) is 50.2 Å². The molecule has 136 valence electrons. The lowest BCUT2D eigenvalue weighted by molar-refractivity contribution is 0.0692. The average molecular weight is 360 g/mol. The molecule has 0 aliphatic carbocycles. The molecular weight excluding hydrogens is 330 g/mol. The Bertz CT molecular complexity index is 656. The molecule has 1 aromatic rings. The van der Waals surface area contributed by atoms with Crippen molar-refractivity contribution in [2.75, 3.05) is 5.75 Å². The van der Waals surface area contributed by atoms with E-state index in [9.17, 15) is 4.79 Å². The fourth-order valence-electron chi connectivity index (χ4n) is 2.27. The first kappa shape index (κ1) is 21.2. The number of aromatic nitrogens is 1. The van der Waals surface area contributed by atoms with Gasteiger partial charge in [-0.3, -0.25) is 0 Å². The second-order valence-corrected chi connectivity index (χ2v) is 7.44. The van der Waals surface area contributed by atoms with Crippen molar-refractivity contribution in [3.8, 4) is 0 Å². The Labute approximate surface area is 156 Å². The maximum atomic E-state index is 11.2. The van der Waals surface area contributed by atoms with Crippen molar-refractivity contribution in [3.05, 3.63) is 58.8 Å². The summed E-state index contributed by atoms with van der Waals surface area (Å²) in [6, 6.07) is 3.25.